The van der Waals surface area contributed by atoms with E-state index in [4.69, 9.17) is 14.5 Å². The van der Waals surface area contributed by atoms with Gasteiger partial charge in [-0.25, -0.2) is 0 Å². The number of benzene rings is 2. The molecular formula is C15H14O3. The highest BCUT2D eigenvalue weighted by Gasteiger charge is 2.35. The zero-order valence-corrected chi connectivity index (χ0v) is 10.1. The SMILES string of the molecule is CC1(Oc2ccccc2)Cc2ccccc2OO1. The minimum absolute atomic E-state index is 0.651. The molecule has 1 aliphatic rings. The van der Waals surface area contributed by atoms with E-state index >= 15 is 0 Å². The number of rotatable bonds is 2. The average molecular weight is 242 g/mol. The molecule has 1 unspecified atom stereocenters. The van der Waals surface area contributed by atoms with Crippen LogP contribution in [0, 0.1) is 0 Å². The zero-order valence-electron chi connectivity index (χ0n) is 10.1. The van der Waals surface area contributed by atoms with E-state index in [-0.39, 0.29) is 0 Å². The van der Waals surface area contributed by atoms with Crippen LogP contribution < -0.4 is 9.62 Å². The molecule has 1 heterocycles. The summed E-state index contributed by atoms with van der Waals surface area (Å²) < 4.78 is 5.85. The molecule has 18 heavy (non-hydrogen) atoms. The van der Waals surface area contributed by atoms with E-state index in [9.17, 15) is 0 Å². The minimum atomic E-state index is -0.796. The normalized spacial score (nSPS) is 21.8. The van der Waals surface area contributed by atoms with E-state index in [1.54, 1.807) is 0 Å². The lowest BCUT2D eigenvalue weighted by atomic mass is 10.0. The second kappa shape index (κ2) is 4.35. The van der Waals surface area contributed by atoms with Crippen LogP contribution in [0.25, 0.3) is 0 Å². The molecule has 0 aromatic heterocycles. The van der Waals surface area contributed by atoms with Crippen LogP contribution in [0.5, 0.6) is 11.5 Å². The Bertz CT molecular complexity index is 538. The quantitative estimate of drug-likeness (QED) is 0.756. The van der Waals surface area contributed by atoms with Gasteiger partial charge in [0.15, 0.2) is 5.75 Å². The van der Waals surface area contributed by atoms with E-state index in [1.165, 1.54) is 0 Å². The molecule has 0 aliphatic carbocycles. The molecule has 0 bridgehead atoms. The van der Waals surface area contributed by atoms with Crippen LogP contribution in [0.3, 0.4) is 0 Å². The highest BCUT2D eigenvalue weighted by molar-refractivity contribution is 5.35. The summed E-state index contributed by atoms with van der Waals surface area (Å²) in [6.45, 7) is 1.87. The van der Waals surface area contributed by atoms with Crippen molar-refractivity contribution in [3.8, 4) is 11.5 Å². The Balaban J connectivity index is 1.82. The van der Waals surface area contributed by atoms with E-state index in [2.05, 4.69) is 0 Å². The van der Waals surface area contributed by atoms with Gasteiger partial charge in [0.1, 0.15) is 5.75 Å². The van der Waals surface area contributed by atoms with Crippen molar-refractivity contribution >= 4 is 0 Å². The van der Waals surface area contributed by atoms with Gasteiger partial charge in [0.2, 0.25) is 0 Å². The predicted octanol–water partition coefficient (Wildman–Crippen LogP) is 3.35. The molecule has 0 spiro atoms. The van der Waals surface area contributed by atoms with Crippen LogP contribution in [-0.2, 0) is 11.3 Å². The lowest BCUT2D eigenvalue weighted by molar-refractivity contribution is -0.357. The van der Waals surface area contributed by atoms with Gasteiger partial charge >= 0.3 is 0 Å². The third-order valence-corrected chi connectivity index (χ3v) is 2.87. The molecule has 0 fully saturated rings. The fourth-order valence-electron chi connectivity index (χ4n) is 2.03. The maximum atomic E-state index is 5.85. The molecule has 0 radical (unpaired) electrons. The molecule has 3 rings (SSSR count). The van der Waals surface area contributed by atoms with Crippen LogP contribution in [0.1, 0.15) is 12.5 Å². The van der Waals surface area contributed by atoms with Gasteiger partial charge in [-0.1, -0.05) is 36.4 Å². The van der Waals surface area contributed by atoms with Crippen molar-refractivity contribution in [1.82, 2.24) is 0 Å². The van der Waals surface area contributed by atoms with Crippen molar-refractivity contribution in [2.24, 2.45) is 0 Å². The third-order valence-electron chi connectivity index (χ3n) is 2.87. The molecule has 2 aromatic rings. The van der Waals surface area contributed by atoms with E-state index in [1.807, 2.05) is 61.5 Å². The van der Waals surface area contributed by atoms with Crippen LogP contribution in [0.4, 0.5) is 0 Å². The van der Waals surface area contributed by atoms with Crippen molar-refractivity contribution in [3.05, 3.63) is 60.2 Å². The number of hydrogen-bond donors (Lipinski definition) is 0. The lowest BCUT2D eigenvalue weighted by Gasteiger charge is -2.33. The Morgan fingerprint density at radius 3 is 2.56 bits per heavy atom. The van der Waals surface area contributed by atoms with Crippen molar-refractivity contribution in [2.45, 2.75) is 19.1 Å². The van der Waals surface area contributed by atoms with Gasteiger partial charge in [-0.3, -0.25) is 0 Å². The summed E-state index contributed by atoms with van der Waals surface area (Å²) in [4.78, 5) is 10.7. The van der Waals surface area contributed by atoms with Crippen molar-refractivity contribution in [3.63, 3.8) is 0 Å². The summed E-state index contributed by atoms with van der Waals surface area (Å²) in [6.07, 6.45) is 0.651. The number of ether oxygens (including phenoxy) is 1. The van der Waals surface area contributed by atoms with Crippen LogP contribution in [0.2, 0.25) is 0 Å². The number of para-hydroxylation sites is 2. The molecule has 0 saturated carbocycles. The summed E-state index contributed by atoms with van der Waals surface area (Å²) in [7, 11) is 0. The lowest BCUT2D eigenvalue weighted by Crippen LogP contribution is -2.42. The van der Waals surface area contributed by atoms with Crippen molar-refractivity contribution < 1.29 is 14.5 Å². The molecule has 1 aliphatic heterocycles. The second-order valence-electron chi connectivity index (χ2n) is 4.50. The Hall–Kier alpha value is -2.00. The highest BCUT2D eigenvalue weighted by atomic mass is 17.2. The Labute approximate surface area is 106 Å². The van der Waals surface area contributed by atoms with E-state index in [0.29, 0.717) is 6.42 Å². The Kier molecular flexibility index (Phi) is 2.68. The van der Waals surface area contributed by atoms with Gasteiger partial charge in [-0.15, -0.1) is 4.89 Å². The molecule has 3 heteroatoms. The molecule has 92 valence electrons. The first-order chi connectivity index (χ1) is 8.75. The average Bonchev–Trinajstić information content (AvgIpc) is 2.39. The summed E-state index contributed by atoms with van der Waals surface area (Å²) in [6, 6.07) is 17.4. The topological polar surface area (TPSA) is 27.7 Å². The largest absolute Gasteiger partial charge is 0.458 e. The van der Waals surface area contributed by atoms with Crippen LogP contribution in [-0.4, -0.2) is 5.79 Å². The van der Waals surface area contributed by atoms with Gasteiger partial charge in [0, 0.05) is 18.9 Å². The summed E-state index contributed by atoms with van der Waals surface area (Å²) >= 11 is 0. The zero-order chi connectivity index (χ0) is 12.4. The van der Waals surface area contributed by atoms with Gasteiger partial charge in [0.25, 0.3) is 5.79 Å². The van der Waals surface area contributed by atoms with Crippen LogP contribution in [0.15, 0.2) is 54.6 Å². The highest BCUT2D eigenvalue weighted by Crippen LogP contribution is 2.32. The molecule has 1 atom stereocenters. The number of fused-ring (bicyclic) bond motifs is 1. The van der Waals surface area contributed by atoms with Crippen LogP contribution >= 0.6 is 0 Å². The van der Waals surface area contributed by atoms with Crippen molar-refractivity contribution in [1.29, 1.82) is 0 Å². The third kappa shape index (κ3) is 2.17. The fourth-order valence-corrected chi connectivity index (χ4v) is 2.03. The molecule has 2 aromatic carbocycles. The maximum Gasteiger partial charge on any atom is 0.253 e. The van der Waals surface area contributed by atoms with Gasteiger partial charge in [-0.2, -0.15) is 0 Å². The first-order valence-corrected chi connectivity index (χ1v) is 5.93. The molecule has 0 N–H and O–H groups in total. The maximum absolute atomic E-state index is 5.85. The monoisotopic (exact) mass is 242 g/mol. The van der Waals surface area contributed by atoms with Gasteiger partial charge in [0.05, 0.1) is 0 Å². The first-order valence-electron chi connectivity index (χ1n) is 5.93. The number of hydrogen-bond acceptors (Lipinski definition) is 3. The van der Waals surface area contributed by atoms with Crippen molar-refractivity contribution in [2.75, 3.05) is 0 Å². The fraction of sp³-hybridized carbons (Fsp3) is 0.200. The minimum Gasteiger partial charge on any atom is -0.458 e. The standard InChI is InChI=1S/C15H14O3/c1-15(16-13-8-3-2-4-9-13)11-12-7-5-6-10-14(12)17-18-15/h2-10H,11H2,1H3. The molecule has 0 saturated heterocycles. The van der Waals surface area contributed by atoms with E-state index in [0.717, 1.165) is 17.1 Å². The Morgan fingerprint density at radius 1 is 1.00 bits per heavy atom. The summed E-state index contributed by atoms with van der Waals surface area (Å²) in [5.74, 6) is 0.727. The molecule has 0 amide bonds. The summed E-state index contributed by atoms with van der Waals surface area (Å²) in [5, 5.41) is 0. The predicted molar refractivity (Wildman–Crippen MR) is 67.3 cm³/mol. The van der Waals surface area contributed by atoms with E-state index < -0.39 is 5.79 Å². The van der Waals surface area contributed by atoms with Gasteiger partial charge in [-0.05, 0) is 18.2 Å². The first kappa shape index (κ1) is 11.1. The second-order valence-corrected chi connectivity index (χ2v) is 4.50. The Morgan fingerprint density at radius 2 is 1.72 bits per heavy atom. The smallest absolute Gasteiger partial charge is 0.253 e. The summed E-state index contributed by atoms with van der Waals surface area (Å²) in [5.41, 5.74) is 1.09. The molecular weight excluding hydrogens is 228 g/mol. The van der Waals surface area contributed by atoms with Gasteiger partial charge < -0.3 is 9.62 Å². The molecule has 3 nitrogen and oxygen atoms in total.